The van der Waals surface area contributed by atoms with E-state index in [0.29, 0.717) is 16.2 Å². The fourth-order valence-corrected chi connectivity index (χ4v) is 2.84. The van der Waals surface area contributed by atoms with E-state index in [1.165, 1.54) is 85.0 Å². The average molecular weight is 737 g/mol. The lowest BCUT2D eigenvalue weighted by Crippen LogP contribution is -2.14. The minimum Gasteiger partial charge on any atom is -0.388 e. The molecule has 8 heteroatoms. The number of carbonyl (C=O) groups excluding carboxylic acids is 1. The molecular weight excluding hydrogens is 633 g/mol. The van der Waals surface area contributed by atoms with E-state index in [9.17, 15) is 13.2 Å². The van der Waals surface area contributed by atoms with Crippen LogP contribution in [0.5, 0.6) is 0 Å². The van der Waals surface area contributed by atoms with Crippen LogP contribution < -0.4 is 0 Å². The van der Waals surface area contributed by atoms with Crippen LogP contribution in [0.2, 0.25) is 0 Å². The molecule has 0 aromatic heterocycles. The second-order valence-corrected chi connectivity index (χ2v) is 16.6. The van der Waals surface area contributed by atoms with Crippen molar-refractivity contribution < 1.29 is 25.0 Å². The highest BCUT2D eigenvalue weighted by atomic mass is 32.2. The monoisotopic (exact) mass is 737 g/mol. The van der Waals surface area contributed by atoms with Gasteiger partial charge in [0.2, 0.25) is 0 Å². The van der Waals surface area contributed by atoms with Crippen LogP contribution in [0.4, 0.5) is 0 Å². The highest BCUT2D eigenvalue weighted by Crippen LogP contribution is 2.36. The van der Waals surface area contributed by atoms with Gasteiger partial charge in [-0.1, -0.05) is 139 Å². The van der Waals surface area contributed by atoms with Crippen molar-refractivity contribution in [1.82, 2.24) is 0 Å². The molecule has 2 saturated carbocycles. The molecule has 2 aliphatic rings. The fourth-order valence-electron chi connectivity index (χ4n) is 2.84. The summed E-state index contributed by atoms with van der Waals surface area (Å²) < 4.78 is 27.7. The molecule has 1 atom stereocenters. The van der Waals surface area contributed by atoms with Gasteiger partial charge in [0.25, 0.3) is 0 Å². The van der Waals surface area contributed by atoms with Gasteiger partial charge in [-0.3, -0.25) is 8.39 Å². The third-order valence-electron chi connectivity index (χ3n) is 4.40. The number of rotatable bonds is 1. The molecule has 0 aliphatic heterocycles. The summed E-state index contributed by atoms with van der Waals surface area (Å²) in [5.41, 5.74) is 1.87. The molecule has 0 aromatic carbocycles. The van der Waals surface area contributed by atoms with Gasteiger partial charge in [-0.2, -0.15) is 11.8 Å². The normalized spacial score (nSPS) is 14.2. The Kier molecular flexibility index (Phi) is 107. The van der Waals surface area contributed by atoms with Crippen LogP contribution in [0.15, 0.2) is 0 Å². The summed E-state index contributed by atoms with van der Waals surface area (Å²) in [5.74, 6) is 0.167. The minimum absolute atomic E-state index is 0. The topological polar surface area (TPSA) is 69.7 Å². The van der Waals surface area contributed by atoms with Crippen LogP contribution >= 0.6 is 11.8 Å². The number of methoxy groups -OCH3 is 1. The predicted molar refractivity (Wildman–Crippen MR) is 235 cm³/mol. The fraction of sp³-hybridized carbons (Fsp3) is 0.974. The molecule has 0 heterocycles. The van der Waals surface area contributed by atoms with Crippen molar-refractivity contribution in [2.24, 2.45) is 16.2 Å². The van der Waals surface area contributed by atoms with Gasteiger partial charge in [0.15, 0.2) is 11.1 Å². The summed E-state index contributed by atoms with van der Waals surface area (Å²) in [6, 6.07) is 0. The van der Waals surface area contributed by atoms with Crippen molar-refractivity contribution >= 4 is 39.4 Å². The summed E-state index contributed by atoms with van der Waals surface area (Å²) in [6.45, 7) is 21.3. The van der Waals surface area contributed by atoms with Gasteiger partial charge in [0.05, 0.1) is 7.11 Å². The molecule has 2 fully saturated rings. The lowest BCUT2D eigenvalue weighted by Gasteiger charge is -2.28. The largest absolute Gasteiger partial charge is 0.388 e. The average Bonchev–Trinajstić information content (AvgIpc) is 3.12. The predicted octanol–water partition coefficient (Wildman–Crippen LogP) is 14.3. The van der Waals surface area contributed by atoms with E-state index in [1.807, 2.05) is 12.5 Å². The van der Waals surface area contributed by atoms with Crippen molar-refractivity contribution in [3.63, 3.8) is 0 Å². The molecule has 0 bridgehead atoms. The maximum atomic E-state index is 9.70. The Labute approximate surface area is 311 Å². The minimum atomic E-state index is -1.07. The van der Waals surface area contributed by atoms with Crippen LogP contribution in [0.1, 0.15) is 182 Å². The number of thioether (sulfide) groups is 1. The zero-order valence-corrected chi connectivity index (χ0v) is 32.1. The van der Waals surface area contributed by atoms with Gasteiger partial charge < -0.3 is 9.53 Å². The lowest BCUT2D eigenvalue weighted by molar-refractivity contribution is -0.115. The first-order valence-electron chi connectivity index (χ1n) is 13.9. The smallest absolute Gasteiger partial charge is 0.151 e. The lowest BCUT2D eigenvalue weighted by atomic mass is 9.78. The van der Waals surface area contributed by atoms with Gasteiger partial charge in [0, 0.05) is 46.6 Å². The van der Waals surface area contributed by atoms with Crippen molar-refractivity contribution in [3.8, 4) is 0 Å². The van der Waals surface area contributed by atoms with Crippen LogP contribution in [-0.4, -0.2) is 66.8 Å². The molecule has 46 heavy (non-hydrogen) atoms. The van der Waals surface area contributed by atoms with E-state index in [4.69, 9.17) is 0 Å². The number of ether oxygens (including phenoxy) is 1. The van der Waals surface area contributed by atoms with Gasteiger partial charge in [-0.25, -0.2) is 4.21 Å². The molecule has 0 aromatic rings. The molecule has 5 nitrogen and oxygen atoms in total. The Morgan fingerprint density at radius 2 is 0.739 bits per heavy atom. The van der Waals surface area contributed by atoms with Crippen LogP contribution in [0, 0.1) is 16.2 Å². The zero-order chi connectivity index (χ0) is 32.7. The van der Waals surface area contributed by atoms with E-state index in [2.05, 4.69) is 64.3 Å². The Hall–Kier alpha value is 0.240. The van der Waals surface area contributed by atoms with Crippen LogP contribution in [-0.2, 0) is 35.6 Å². The van der Waals surface area contributed by atoms with E-state index >= 15 is 0 Å². The van der Waals surface area contributed by atoms with E-state index in [1.54, 1.807) is 38.5 Å². The standard InChI is InChI=1S/C8H16.C7H14.C5H12.C3H6O.C2H6O2S.C2H6OS.C2H6O.C2H6S.7CH4.2H2/c1-8(2)6-4-3-5-7-8;1-7(2)5-3-4-6-7;1-5(2,3)4;1-3(2)4;1-4-5(2)3;1-4(2)3;2*1-3-2;;;;;;;;;/h3-7H2,1-2H3;3-6H2,1-2H3;1-4H3;1-2H3;1-2H3;1-2H3;2*1-2H3;7*1H4;2*1H. The summed E-state index contributed by atoms with van der Waals surface area (Å²) >= 11 is 0.677. The number of Topliss-reactive ketones (excluding diaryl/α,β-unsaturated/α-hetero) is 1. The Bertz CT molecular complexity index is 513. The molecule has 0 saturated heterocycles. The molecule has 0 spiro atoms. The van der Waals surface area contributed by atoms with Crippen LogP contribution in [0.25, 0.3) is 0 Å². The number of ketones is 1. The number of hydrogen-bond donors (Lipinski definition) is 0. The summed E-state index contributed by atoms with van der Waals surface area (Å²) in [6.07, 6.45) is 22.0. The molecule has 0 radical (unpaired) electrons. The zero-order valence-electron chi connectivity index (χ0n) is 29.6. The highest BCUT2D eigenvalue weighted by Gasteiger charge is 2.22. The molecule has 1 unspecified atom stereocenters. The van der Waals surface area contributed by atoms with Gasteiger partial charge in [-0.15, -0.1) is 0 Å². The molecular formula is C38H104O5S3. The maximum absolute atomic E-state index is 9.70. The Morgan fingerprint density at radius 1 is 0.630 bits per heavy atom. The Morgan fingerprint density at radius 3 is 0.783 bits per heavy atom. The van der Waals surface area contributed by atoms with Gasteiger partial charge >= 0.3 is 0 Å². The quantitative estimate of drug-likeness (QED) is 0.267. The second-order valence-electron chi connectivity index (χ2n) is 13.1. The first-order valence-corrected chi connectivity index (χ1v) is 19.0. The highest BCUT2D eigenvalue weighted by molar-refractivity contribution is 7.97. The molecule has 2 aliphatic carbocycles. The van der Waals surface area contributed by atoms with Gasteiger partial charge in [-0.05, 0) is 68.3 Å². The molecule has 304 valence electrons. The SMILES string of the molecule is C.C.C.C.C.C.C.CC(C)(C)C.CC(C)=O.CC1(C)CCCC1.CC1(C)CCCCC1.COC.COS(C)=O.CS(C)=O.CSC.[HH].[HH]. The summed E-state index contributed by atoms with van der Waals surface area (Å²) in [7, 11) is 4.04. The van der Waals surface area contributed by atoms with E-state index < -0.39 is 21.9 Å². The second kappa shape index (κ2) is 57.5. The van der Waals surface area contributed by atoms with Gasteiger partial charge in [0.1, 0.15) is 5.78 Å². The van der Waals surface area contributed by atoms with E-state index in [-0.39, 0.29) is 60.6 Å². The van der Waals surface area contributed by atoms with Crippen molar-refractivity contribution in [2.45, 2.75) is 179 Å². The summed E-state index contributed by atoms with van der Waals surface area (Å²) in [4.78, 5) is 9.44. The summed E-state index contributed by atoms with van der Waals surface area (Å²) in [5, 5.41) is 0. The molecule has 0 N–H and O–H groups in total. The number of carbonyl (C=O) groups is 1. The van der Waals surface area contributed by atoms with Crippen molar-refractivity contribution in [1.29, 1.82) is 0 Å². The molecule has 0 amide bonds. The third kappa shape index (κ3) is 183. The van der Waals surface area contributed by atoms with Crippen LogP contribution in [0.3, 0.4) is 0 Å². The maximum Gasteiger partial charge on any atom is 0.151 e. The Balaban J connectivity index is -0.0000000199. The van der Waals surface area contributed by atoms with Crippen molar-refractivity contribution in [3.05, 3.63) is 0 Å². The third-order valence-corrected chi connectivity index (χ3v) is 4.87. The first-order chi connectivity index (χ1) is 17.5. The first kappa shape index (κ1) is 85.7. The van der Waals surface area contributed by atoms with E-state index in [0.717, 1.165) is 0 Å². The van der Waals surface area contributed by atoms with Crippen molar-refractivity contribution in [2.75, 3.05) is 52.6 Å². The molecule has 2 rings (SSSR count). The number of hydrogen-bond acceptors (Lipinski definition) is 6.